The molecule has 0 bridgehead atoms. The zero-order chi connectivity index (χ0) is 11.5. The molecule has 1 aromatic rings. The number of benzene rings is 1. The summed E-state index contributed by atoms with van der Waals surface area (Å²) >= 11 is 0. The molecule has 0 fully saturated rings. The van der Waals surface area contributed by atoms with Crippen molar-refractivity contribution in [1.82, 2.24) is 0 Å². The summed E-state index contributed by atoms with van der Waals surface area (Å²) in [6.07, 6.45) is -0.100. The first-order valence-electron chi connectivity index (χ1n) is 4.15. The Morgan fingerprint density at radius 2 is 1.80 bits per heavy atom. The van der Waals surface area contributed by atoms with Crippen LogP contribution in [0.2, 0.25) is 0 Å². The first kappa shape index (κ1) is 12.5. The highest BCUT2D eigenvalue weighted by molar-refractivity contribution is 7.65. The molecule has 82 valence electrons. The molecule has 2 unspecified atom stereocenters. The zero-order valence-electron chi connectivity index (χ0n) is 7.72. The first-order valence-corrected chi connectivity index (χ1v) is 7.12. The van der Waals surface area contributed by atoms with Crippen LogP contribution in [0.4, 0.5) is 0 Å². The molecule has 7 heteroatoms. The minimum atomic E-state index is -4.53. The van der Waals surface area contributed by atoms with Crippen LogP contribution in [0, 0.1) is 0 Å². The van der Waals surface area contributed by atoms with Crippen LogP contribution in [0.1, 0.15) is 5.56 Å². The third-order valence-electron chi connectivity index (χ3n) is 1.90. The van der Waals surface area contributed by atoms with Crippen molar-refractivity contribution in [2.24, 2.45) is 0 Å². The van der Waals surface area contributed by atoms with Crippen LogP contribution < -0.4 is 0 Å². The van der Waals surface area contributed by atoms with Crippen LogP contribution in [-0.4, -0.2) is 20.1 Å². The van der Waals surface area contributed by atoms with Gasteiger partial charge in [-0.2, -0.15) is 4.89 Å². The Hall–Kier alpha value is -0.570. The van der Waals surface area contributed by atoms with Crippen LogP contribution >= 0.6 is 15.6 Å². The Kier molecular flexibility index (Phi) is 4.14. The van der Waals surface area contributed by atoms with E-state index < -0.39 is 21.0 Å². The predicted octanol–water partition coefficient (Wildman–Crippen LogP) is 1.47. The lowest BCUT2D eigenvalue weighted by atomic mass is 10.2. The van der Waals surface area contributed by atoms with Crippen molar-refractivity contribution in [3.05, 3.63) is 35.9 Å². The van der Waals surface area contributed by atoms with E-state index in [2.05, 4.69) is 0 Å². The molecule has 2 atom stereocenters. The summed E-state index contributed by atoms with van der Waals surface area (Å²) in [5.74, 6) is 0. The maximum absolute atomic E-state index is 10.9. The second-order valence-electron chi connectivity index (χ2n) is 3.06. The molecule has 1 rings (SSSR count). The van der Waals surface area contributed by atoms with Gasteiger partial charge in [-0.3, -0.25) is 4.57 Å². The standard InChI is InChI=1S/C8H10O5P2/c9-14(10)8(15(11,12)13)6-7-4-2-1-3-5-7/h1-5,8H,6H2,(H2-,9,10,11,12,13)/p+1. The lowest BCUT2D eigenvalue weighted by Crippen LogP contribution is -2.07. The average molecular weight is 249 g/mol. The summed E-state index contributed by atoms with van der Waals surface area (Å²) in [7, 11) is -7.42. The second kappa shape index (κ2) is 4.97. The molecule has 0 aromatic heterocycles. The van der Waals surface area contributed by atoms with Gasteiger partial charge in [-0.05, 0) is 10.1 Å². The van der Waals surface area contributed by atoms with E-state index in [0.717, 1.165) is 0 Å². The van der Waals surface area contributed by atoms with Gasteiger partial charge >= 0.3 is 15.6 Å². The highest BCUT2D eigenvalue weighted by Crippen LogP contribution is 2.52. The van der Waals surface area contributed by atoms with Gasteiger partial charge < -0.3 is 9.79 Å². The summed E-state index contributed by atoms with van der Waals surface area (Å²) < 4.78 is 21.7. The second-order valence-corrected chi connectivity index (χ2v) is 6.50. The fourth-order valence-electron chi connectivity index (χ4n) is 1.15. The van der Waals surface area contributed by atoms with Gasteiger partial charge in [-0.1, -0.05) is 30.3 Å². The van der Waals surface area contributed by atoms with E-state index in [-0.39, 0.29) is 6.42 Å². The topological polar surface area (TPSA) is 94.8 Å². The largest absolute Gasteiger partial charge is 0.522 e. The van der Waals surface area contributed by atoms with Gasteiger partial charge in [0.15, 0.2) is 0 Å². The van der Waals surface area contributed by atoms with E-state index in [9.17, 15) is 9.13 Å². The molecule has 0 saturated heterocycles. The molecule has 0 spiro atoms. The van der Waals surface area contributed by atoms with Crippen LogP contribution in [0.25, 0.3) is 0 Å². The van der Waals surface area contributed by atoms with E-state index in [4.69, 9.17) is 14.7 Å². The lowest BCUT2D eigenvalue weighted by Gasteiger charge is -2.06. The molecule has 0 aliphatic carbocycles. The Morgan fingerprint density at radius 1 is 1.27 bits per heavy atom. The van der Waals surface area contributed by atoms with Crippen molar-refractivity contribution < 1.29 is 23.8 Å². The Balaban J connectivity index is 2.86. The van der Waals surface area contributed by atoms with E-state index in [0.29, 0.717) is 5.56 Å². The Labute approximate surface area is 87.8 Å². The van der Waals surface area contributed by atoms with Gasteiger partial charge in [0, 0.05) is 6.42 Å². The number of rotatable bonds is 4. The Bertz CT molecular complexity index is 385. The maximum Gasteiger partial charge on any atom is 0.522 e. The number of hydrogen-bond donors (Lipinski definition) is 3. The molecule has 0 aliphatic rings. The van der Waals surface area contributed by atoms with E-state index in [1.165, 1.54) is 0 Å². The van der Waals surface area contributed by atoms with Crippen LogP contribution in [0.15, 0.2) is 30.3 Å². The summed E-state index contributed by atoms with van der Waals surface area (Å²) in [4.78, 5) is 26.6. The van der Waals surface area contributed by atoms with Crippen molar-refractivity contribution in [2.45, 2.75) is 11.8 Å². The predicted molar refractivity (Wildman–Crippen MR) is 55.8 cm³/mol. The molecule has 3 N–H and O–H groups in total. The number of hydrogen-bond acceptors (Lipinski definition) is 2. The molecule has 5 nitrogen and oxygen atoms in total. The quantitative estimate of drug-likeness (QED) is 0.702. The highest BCUT2D eigenvalue weighted by Gasteiger charge is 2.45. The van der Waals surface area contributed by atoms with Crippen molar-refractivity contribution in [2.75, 3.05) is 0 Å². The maximum atomic E-state index is 10.9. The van der Waals surface area contributed by atoms with Gasteiger partial charge in [-0.25, -0.2) is 0 Å². The highest BCUT2D eigenvalue weighted by atomic mass is 31.2. The van der Waals surface area contributed by atoms with Crippen LogP contribution in [0.5, 0.6) is 0 Å². The monoisotopic (exact) mass is 249 g/mol. The smallest absolute Gasteiger partial charge is 0.321 e. The molecule has 1 aromatic carbocycles. The van der Waals surface area contributed by atoms with Gasteiger partial charge in [0.1, 0.15) is 0 Å². The van der Waals surface area contributed by atoms with E-state index >= 15 is 0 Å². The zero-order valence-corrected chi connectivity index (χ0v) is 9.51. The van der Waals surface area contributed by atoms with Gasteiger partial charge in [0.25, 0.3) is 5.40 Å². The van der Waals surface area contributed by atoms with Crippen molar-refractivity contribution >= 4 is 15.6 Å². The van der Waals surface area contributed by atoms with Gasteiger partial charge in [-0.15, -0.1) is 0 Å². The fourth-order valence-corrected chi connectivity index (χ4v) is 3.00. The van der Waals surface area contributed by atoms with Crippen molar-refractivity contribution in [1.29, 1.82) is 0 Å². The summed E-state index contributed by atoms with van der Waals surface area (Å²) in [5, 5.41) is -1.52. The van der Waals surface area contributed by atoms with Crippen LogP contribution in [-0.2, 0) is 15.6 Å². The molecule has 0 aliphatic heterocycles. The minimum absolute atomic E-state index is 0.100. The van der Waals surface area contributed by atoms with E-state index in [1.54, 1.807) is 30.3 Å². The molecule has 0 heterocycles. The third-order valence-corrected chi connectivity index (χ3v) is 5.05. The summed E-state index contributed by atoms with van der Waals surface area (Å²) in [5.41, 5.74) is 0.628. The third kappa shape index (κ3) is 3.82. The average Bonchev–Trinajstić information content (AvgIpc) is 2.13. The molecule has 15 heavy (non-hydrogen) atoms. The minimum Gasteiger partial charge on any atom is -0.321 e. The van der Waals surface area contributed by atoms with Crippen LogP contribution in [0.3, 0.4) is 0 Å². The van der Waals surface area contributed by atoms with Crippen molar-refractivity contribution in [3.8, 4) is 0 Å². The molecular weight excluding hydrogens is 238 g/mol. The molecular formula is C8H11O5P2+. The fraction of sp³-hybridized carbons (Fsp3) is 0.250. The molecule has 0 saturated carbocycles. The lowest BCUT2D eigenvalue weighted by molar-refractivity contribution is 0.364. The first-order chi connectivity index (χ1) is 6.91. The summed E-state index contributed by atoms with van der Waals surface area (Å²) in [6, 6.07) is 8.48. The SMILES string of the molecule is O=[P+](O)C(Cc1ccccc1)P(=O)(O)O. The van der Waals surface area contributed by atoms with Gasteiger partial charge in [0.2, 0.25) is 0 Å². The molecule has 0 radical (unpaired) electrons. The normalized spacial score (nSPS) is 14.7. The summed E-state index contributed by atoms with van der Waals surface area (Å²) in [6.45, 7) is 0. The molecule has 0 amide bonds. The van der Waals surface area contributed by atoms with E-state index in [1.807, 2.05) is 0 Å². The van der Waals surface area contributed by atoms with Gasteiger partial charge in [0.05, 0.1) is 0 Å². The Morgan fingerprint density at radius 3 is 2.20 bits per heavy atom. The van der Waals surface area contributed by atoms with Crippen molar-refractivity contribution in [3.63, 3.8) is 0 Å².